The van der Waals surface area contributed by atoms with E-state index in [2.05, 4.69) is 10.6 Å². The number of benzene rings is 1. The van der Waals surface area contributed by atoms with Crippen molar-refractivity contribution in [2.75, 3.05) is 26.8 Å². The van der Waals surface area contributed by atoms with Crippen molar-refractivity contribution in [2.24, 2.45) is 0 Å². The molecule has 1 aromatic carbocycles. The number of hydrogen-bond acceptors (Lipinski definition) is 3. The maximum Gasteiger partial charge on any atom is 0.416 e. The molecule has 0 radical (unpaired) electrons. The lowest BCUT2D eigenvalue weighted by Gasteiger charge is -2.08. The summed E-state index contributed by atoms with van der Waals surface area (Å²) >= 11 is 0. The van der Waals surface area contributed by atoms with Gasteiger partial charge in [-0.15, -0.1) is 0 Å². The average molecular weight is 318 g/mol. The molecule has 122 valence electrons. The number of hydrogen-bond donors (Lipinski definition) is 2. The van der Waals surface area contributed by atoms with Gasteiger partial charge in [0.05, 0.1) is 25.1 Å². The summed E-state index contributed by atoms with van der Waals surface area (Å²) in [5.74, 6) is -0.806. The van der Waals surface area contributed by atoms with E-state index >= 15 is 0 Å². The molecule has 0 atom stereocenters. The highest BCUT2D eigenvalue weighted by atomic mass is 19.4. The van der Waals surface area contributed by atoms with Gasteiger partial charge in [0.2, 0.25) is 11.8 Å². The summed E-state index contributed by atoms with van der Waals surface area (Å²) in [6, 6.07) is 4.31. The summed E-state index contributed by atoms with van der Waals surface area (Å²) in [5.41, 5.74) is -0.334. The maximum absolute atomic E-state index is 12.4. The van der Waals surface area contributed by atoms with E-state index in [4.69, 9.17) is 4.74 Å². The Balaban J connectivity index is 2.37. The lowest BCUT2D eigenvalue weighted by atomic mass is 10.1. The van der Waals surface area contributed by atoms with Gasteiger partial charge < -0.3 is 15.4 Å². The number of carbonyl (C=O) groups excluding carboxylic acids is 2. The van der Waals surface area contributed by atoms with Crippen molar-refractivity contribution in [1.29, 1.82) is 0 Å². The first kappa shape index (κ1) is 18.0. The number of nitrogens with one attached hydrogen (secondary N) is 2. The molecule has 1 rings (SSSR count). The van der Waals surface area contributed by atoms with Crippen LogP contribution in [0.3, 0.4) is 0 Å². The highest BCUT2D eigenvalue weighted by molar-refractivity contribution is 5.85. The zero-order valence-electron chi connectivity index (χ0n) is 12.0. The smallest absolute Gasteiger partial charge is 0.383 e. The minimum Gasteiger partial charge on any atom is -0.383 e. The Bertz CT molecular complexity index is 501. The largest absolute Gasteiger partial charge is 0.416 e. The molecule has 0 aromatic heterocycles. The first-order valence-electron chi connectivity index (χ1n) is 6.51. The van der Waals surface area contributed by atoms with Gasteiger partial charge in [-0.1, -0.05) is 12.1 Å². The fourth-order valence-electron chi connectivity index (χ4n) is 1.59. The Morgan fingerprint density at radius 3 is 2.27 bits per heavy atom. The third kappa shape index (κ3) is 6.57. The van der Waals surface area contributed by atoms with Crippen LogP contribution in [0.2, 0.25) is 0 Å². The quantitative estimate of drug-likeness (QED) is 0.741. The Labute approximate surface area is 125 Å². The molecule has 0 aliphatic carbocycles. The molecule has 0 aliphatic heterocycles. The Hall–Kier alpha value is -2.09. The Kier molecular flexibility index (Phi) is 6.84. The molecule has 22 heavy (non-hydrogen) atoms. The SMILES string of the molecule is COCCNC(=O)CNC(=O)Cc1ccc(C(F)(F)F)cc1. The standard InChI is InChI=1S/C14H17F3N2O3/c1-22-7-6-18-13(21)9-19-12(20)8-10-2-4-11(5-3-10)14(15,16)17/h2-5H,6-9H2,1H3,(H,18,21)(H,19,20). The zero-order chi connectivity index (χ0) is 16.6. The fourth-order valence-corrected chi connectivity index (χ4v) is 1.59. The Morgan fingerprint density at radius 2 is 1.73 bits per heavy atom. The number of halogens is 3. The predicted octanol–water partition coefficient (Wildman–Crippen LogP) is 1.13. The van der Waals surface area contributed by atoms with E-state index < -0.39 is 17.6 Å². The van der Waals surface area contributed by atoms with Gasteiger partial charge in [-0.05, 0) is 17.7 Å². The van der Waals surface area contributed by atoms with Crippen molar-refractivity contribution in [3.8, 4) is 0 Å². The van der Waals surface area contributed by atoms with Crippen molar-refractivity contribution in [3.05, 3.63) is 35.4 Å². The van der Waals surface area contributed by atoms with Crippen LogP contribution in [0.5, 0.6) is 0 Å². The molecule has 2 N–H and O–H groups in total. The predicted molar refractivity (Wildman–Crippen MR) is 73.0 cm³/mol. The van der Waals surface area contributed by atoms with E-state index in [9.17, 15) is 22.8 Å². The van der Waals surface area contributed by atoms with Gasteiger partial charge in [-0.3, -0.25) is 9.59 Å². The van der Waals surface area contributed by atoms with Crippen molar-refractivity contribution < 1.29 is 27.5 Å². The molecule has 0 saturated heterocycles. The zero-order valence-corrected chi connectivity index (χ0v) is 12.0. The summed E-state index contributed by atoms with van der Waals surface area (Å²) < 4.78 is 41.9. The fraction of sp³-hybridized carbons (Fsp3) is 0.429. The van der Waals surface area contributed by atoms with Crippen LogP contribution in [0, 0.1) is 0 Å². The minimum atomic E-state index is -4.40. The van der Waals surface area contributed by atoms with E-state index in [-0.39, 0.29) is 18.9 Å². The van der Waals surface area contributed by atoms with Crippen LogP contribution in [-0.2, 0) is 26.9 Å². The molecular formula is C14H17F3N2O3. The lowest BCUT2D eigenvalue weighted by molar-refractivity contribution is -0.137. The second-order valence-corrected chi connectivity index (χ2v) is 4.49. The molecular weight excluding hydrogens is 301 g/mol. The van der Waals surface area contributed by atoms with Gasteiger partial charge in [0.15, 0.2) is 0 Å². The first-order valence-corrected chi connectivity index (χ1v) is 6.51. The van der Waals surface area contributed by atoms with E-state index in [1.165, 1.54) is 19.2 Å². The van der Waals surface area contributed by atoms with Crippen LogP contribution in [0.15, 0.2) is 24.3 Å². The van der Waals surface area contributed by atoms with Crippen LogP contribution < -0.4 is 10.6 Å². The van der Waals surface area contributed by atoms with Crippen LogP contribution in [0.25, 0.3) is 0 Å². The molecule has 0 aliphatic rings. The maximum atomic E-state index is 12.4. The highest BCUT2D eigenvalue weighted by Gasteiger charge is 2.29. The summed E-state index contributed by atoms with van der Waals surface area (Å²) in [5, 5.41) is 4.91. The highest BCUT2D eigenvalue weighted by Crippen LogP contribution is 2.29. The normalized spacial score (nSPS) is 11.1. The van der Waals surface area contributed by atoms with E-state index in [1.807, 2.05) is 0 Å². The van der Waals surface area contributed by atoms with Crippen LogP contribution in [-0.4, -0.2) is 38.6 Å². The van der Waals surface area contributed by atoms with Crippen LogP contribution in [0.4, 0.5) is 13.2 Å². The number of ether oxygens (including phenoxy) is 1. The van der Waals surface area contributed by atoms with Crippen molar-refractivity contribution in [1.82, 2.24) is 10.6 Å². The van der Waals surface area contributed by atoms with Gasteiger partial charge >= 0.3 is 6.18 Å². The monoisotopic (exact) mass is 318 g/mol. The molecule has 0 fully saturated rings. The van der Waals surface area contributed by atoms with E-state index in [0.717, 1.165) is 12.1 Å². The van der Waals surface area contributed by atoms with Gasteiger partial charge in [0.1, 0.15) is 0 Å². The number of amides is 2. The van der Waals surface area contributed by atoms with Crippen LogP contribution >= 0.6 is 0 Å². The van der Waals surface area contributed by atoms with Gasteiger partial charge in [-0.25, -0.2) is 0 Å². The summed E-state index contributed by atoms with van der Waals surface area (Å²) in [4.78, 5) is 22.9. The Morgan fingerprint density at radius 1 is 1.09 bits per heavy atom. The molecule has 0 spiro atoms. The second-order valence-electron chi connectivity index (χ2n) is 4.49. The molecule has 0 unspecified atom stereocenters. The van der Waals surface area contributed by atoms with Gasteiger partial charge in [0.25, 0.3) is 0 Å². The molecule has 1 aromatic rings. The molecule has 0 heterocycles. The van der Waals surface area contributed by atoms with Crippen LogP contribution in [0.1, 0.15) is 11.1 Å². The first-order chi connectivity index (χ1) is 10.3. The third-order valence-electron chi connectivity index (χ3n) is 2.72. The van der Waals surface area contributed by atoms with Crippen molar-refractivity contribution in [3.63, 3.8) is 0 Å². The molecule has 2 amide bonds. The third-order valence-corrected chi connectivity index (χ3v) is 2.72. The number of carbonyl (C=O) groups is 2. The number of rotatable bonds is 7. The van der Waals surface area contributed by atoms with E-state index in [1.54, 1.807) is 0 Å². The number of alkyl halides is 3. The minimum absolute atomic E-state index is 0.0938. The molecule has 5 nitrogen and oxygen atoms in total. The average Bonchev–Trinajstić information content (AvgIpc) is 2.45. The topological polar surface area (TPSA) is 67.4 Å². The van der Waals surface area contributed by atoms with Gasteiger partial charge in [-0.2, -0.15) is 13.2 Å². The molecule has 0 bridgehead atoms. The van der Waals surface area contributed by atoms with Gasteiger partial charge in [0, 0.05) is 13.7 Å². The number of methoxy groups -OCH3 is 1. The molecule has 8 heteroatoms. The van der Waals surface area contributed by atoms with E-state index in [0.29, 0.717) is 18.7 Å². The lowest BCUT2D eigenvalue weighted by Crippen LogP contribution is -2.38. The van der Waals surface area contributed by atoms with Crippen molar-refractivity contribution >= 4 is 11.8 Å². The van der Waals surface area contributed by atoms with Crippen molar-refractivity contribution in [2.45, 2.75) is 12.6 Å². The summed E-state index contributed by atoms with van der Waals surface area (Å²) in [7, 11) is 1.50. The summed E-state index contributed by atoms with van der Waals surface area (Å²) in [6.45, 7) is 0.512. The molecule has 0 saturated carbocycles. The summed E-state index contributed by atoms with van der Waals surface area (Å²) in [6.07, 6.45) is -4.50. The second kappa shape index (κ2) is 8.38.